The summed E-state index contributed by atoms with van der Waals surface area (Å²) in [5, 5.41) is 12.1. The molecule has 2 N–H and O–H groups in total. The van der Waals surface area contributed by atoms with Crippen molar-refractivity contribution < 1.29 is 24.2 Å². The molecule has 33 heavy (non-hydrogen) atoms. The molecule has 0 bridgehead atoms. The van der Waals surface area contributed by atoms with Gasteiger partial charge in [0.25, 0.3) is 0 Å². The van der Waals surface area contributed by atoms with Crippen LogP contribution in [0, 0.1) is 5.41 Å². The number of aliphatic carboxylic acids is 1. The SMILES string of the molecule is C=CCC1(C(=O)O)CN(C(=O)CC(C)NC(=O)OCC2c3ccccc3-c3ccccc32)C1. The number of carbonyl (C=O) groups is 3. The van der Waals surface area contributed by atoms with Crippen LogP contribution in [0.25, 0.3) is 11.1 Å². The predicted octanol–water partition coefficient (Wildman–Crippen LogP) is 3.79. The lowest BCUT2D eigenvalue weighted by molar-refractivity contribution is -0.165. The van der Waals surface area contributed by atoms with Crippen LogP contribution in [0.2, 0.25) is 0 Å². The molecule has 0 aromatic heterocycles. The summed E-state index contributed by atoms with van der Waals surface area (Å²) in [5.74, 6) is -1.14. The lowest BCUT2D eigenvalue weighted by Gasteiger charge is -2.47. The van der Waals surface area contributed by atoms with Gasteiger partial charge in [-0.3, -0.25) is 9.59 Å². The van der Waals surface area contributed by atoms with Gasteiger partial charge in [0.1, 0.15) is 12.0 Å². The lowest BCUT2D eigenvalue weighted by atomic mass is 9.76. The first kappa shape index (κ1) is 22.6. The van der Waals surface area contributed by atoms with Crippen molar-refractivity contribution in [3.05, 3.63) is 72.3 Å². The van der Waals surface area contributed by atoms with E-state index in [0.717, 1.165) is 22.3 Å². The Labute approximate surface area is 193 Å². The van der Waals surface area contributed by atoms with Gasteiger partial charge in [-0.05, 0) is 35.6 Å². The molecule has 1 unspecified atom stereocenters. The van der Waals surface area contributed by atoms with E-state index in [1.165, 1.54) is 4.90 Å². The van der Waals surface area contributed by atoms with Crippen LogP contribution in [-0.2, 0) is 14.3 Å². The van der Waals surface area contributed by atoms with Crippen LogP contribution in [-0.4, -0.2) is 53.7 Å². The molecule has 0 spiro atoms. The Balaban J connectivity index is 1.28. The smallest absolute Gasteiger partial charge is 0.407 e. The number of ether oxygens (including phenoxy) is 1. The van der Waals surface area contributed by atoms with Gasteiger partial charge in [-0.15, -0.1) is 6.58 Å². The van der Waals surface area contributed by atoms with E-state index >= 15 is 0 Å². The summed E-state index contributed by atoms with van der Waals surface area (Å²) in [7, 11) is 0. The van der Waals surface area contributed by atoms with Crippen molar-refractivity contribution in [2.45, 2.75) is 31.7 Å². The minimum absolute atomic E-state index is 0.0322. The maximum atomic E-state index is 12.5. The number of fused-ring (bicyclic) bond motifs is 3. The minimum Gasteiger partial charge on any atom is -0.481 e. The molecule has 1 saturated heterocycles. The number of alkyl carbamates (subject to hydrolysis) is 1. The van der Waals surface area contributed by atoms with Crippen LogP contribution < -0.4 is 5.32 Å². The van der Waals surface area contributed by atoms with Gasteiger partial charge >= 0.3 is 12.1 Å². The van der Waals surface area contributed by atoms with E-state index in [1.54, 1.807) is 13.0 Å². The van der Waals surface area contributed by atoms with E-state index in [4.69, 9.17) is 4.74 Å². The highest BCUT2D eigenvalue weighted by atomic mass is 16.5. The van der Waals surface area contributed by atoms with Crippen LogP contribution in [0.15, 0.2) is 61.2 Å². The molecule has 2 amide bonds. The number of hydrogen-bond acceptors (Lipinski definition) is 4. The number of likely N-dealkylation sites (tertiary alicyclic amines) is 1. The number of hydrogen-bond donors (Lipinski definition) is 2. The van der Waals surface area contributed by atoms with Gasteiger partial charge in [0.05, 0.1) is 0 Å². The Morgan fingerprint density at radius 3 is 2.27 bits per heavy atom. The number of amides is 2. The summed E-state index contributed by atoms with van der Waals surface area (Å²) < 4.78 is 5.53. The largest absolute Gasteiger partial charge is 0.481 e. The summed E-state index contributed by atoms with van der Waals surface area (Å²) in [4.78, 5) is 37.9. The van der Waals surface area contributed by atoms with Gasteiger partial charge in [-0.25, -0.2) is 4.79 Å². The molecule has 1 fully saturated rings. The Kier molecular flexibility index (Phi) is 6.22. The van der Waals surface area contributed by atoms with E-state index in [9.17, 15) is 19.5 Å². The van der Waals surface area contributed by atoms with Crippen LogP contribution in [0.4, 0.5) is 4.79 Å². The number of nitrogens with zero attached hydrogens (tertiary/aromatic N) is 1. The summed E-state index contributed by atoms with van der Waals surface area (Å²) in [6.45, 7) is 5.85. The van der Waals surface area contributed by atoms with E-state index in [0.29, 0.717) is 6.42 Å². The van der Waals surface area contributed by atoms with Crippen molar-refractivity contribution in [3.8, 4) is 11.1 Å². The van der Waals surface area contributed by atoms with Crippen molar-refractivity contribution >= 4 is 18.0 Å². The number of carbonyl (C=O) groups excluding carboxylic acids is 2. The van der Waals surface area contributed by atoms with Crippen molar-refractivity contribution in [3.63, 3.8) is 0 Å². The first-order valence-electron chi connectivity index (χ1n) is 11.1. The molecule has 1 aliphatic heterocycles. The molecule has 2 aromatic carbocycles. The highest BCUT2D eigenvalue weighted by Gasteiger charge is 2.50. The van der Waals surface area contributed by atoms with Gasteiger partial charge in [0.2, 0.25) is 5.91 Å². The zero-order valence-corrected chi connectivity index (χ0v) is 18.6. The Morgan fingerprint density at radius 1 is 1.15 bits per heavy atom. The summed E-state index contributed by atoms with van der Waals surface area (Å²) in [5.41, 5.74) is 3.64. The maximum Gasteiger partial charge on any atom is 0.407 e. The molecule has 7 nitrogen and oxygen atoms in total. The third kappa shape index (κ3) is 4.35. The number of benzene rings is 2. The predicted molar refractivity (Wildman–Crippen MR) is 124 cm³/mol. The first-order valence-corrected chi connectivity index (χ1v) is 11.1. The van der Waals surface area contributed by atoms with Crippen LogP contribution in [0.5, 0.6) is 0 Å². The van der Waals surface area contributed by atoms with Gasteiger partial charge in [-0.1, -0.05) is 54.6 Å². The van der Waals surface area contributed by atoms with Gasteiger partial charge in [0, 0.05) is 31.5 Å². The highest BCUT2D eigenvalue weighted by molar-refractivity contribution is 5.84. The van der Waals surface area contributed by atoms with Gasteiger partial charge in [-0.2, -0.15) is 0 Å². The molecule has 0 radical (unpaired) electrons. The standard InChI is InChI=1S/C26H28N2O5/c1-3-12-26(24(30)31)15-28(16-26)23(29)13-17(2)27-25(32)33-14-22-20-10-6-4-8-18(20)19-9-5-7-11-21(19)22/h3-11,17,22H,1,12-16H2,2H3,(H,27,32)(H,30,31). The molecule has 2 aliphatic rings. The molecule has 1 aliphatic carbocycles. The summed E-state index contributed by atoms with van der Waals surface area (Å²) >= 11 is 0. The number of nitrogens with one attached hydrogen (secondary N) is 1. The van der Waals surface area contributed by atoms with Crippen molar-refractivity contribution in [2.75, 3.05) is 19.7 Å². The molecule has 7 heteroatoms. The fourth-order valence-corrected chi connectivity index (χ4v) is 4.77. The lowest BCUT2D eigenvalue weighted by Crippen LogP contribution is -2.62. The topological polar surface area (TPSA) is 95.9 Å². The van der Waals surface area contributed by atoms with Crippen molar-refractivity contribution in [1.29, 1.82) is 0 Å². The molecule has 0 saturated carbocycles. The van der Waals surface area contributed by atoms with Crippen LogP contribution >= 0.6 is 0 Å². The molecule has 1 atom stereocenters. The molecular formula is C26H28N2O5. The molecule has 2 aromatic rings. The quantitative estimate of drug-likeness (QED) is 0.599. The van der Waals surface area contributed by atoms with E-state index in [-0.39, 0.29) is 37.9 Å². The maximum absolute atomic E-state index is 12.5. The van der Waals surface area contributed by atoms with E-state index in [2.05, 4.69) is 36.2 Å². The first-order chi connectivity index (χ1) is 15.8. The third-order valence-corrected chi connectivity index (χ3v) is 6.52. The Hall–Kier alpha value is -3.61. The highest BCUT2D eigenvalue weighted by Crippen LogP contribution is 2.44. The fourth-order valence-electron chi connectivity index (χ4n) is 4.77. The number of rotatable bonds is 8. The van der Waals surface area contributed by atoms with E-state index < -0.39 is 23.5 Å². The zero-order chi connectivity index (χ0) is 23.6. The van der Waals surface area contributed by atoms with E-state index in [1.807, 2.05) is 24.3 Å². The Morgan fingerprint density at radius 2 is 1.73 bits per heavy atom. The monoisotopic (exact) mass is 448 g/mol. The summed E-state index contributed by atoms with van der Waals surface area (Å²) in [6, 6.07) is 15.8. The number of carboxylic acids is 1. The van der Waals surface area contributed by atoms with Gasteiger partial charge < -0.3 is 20.1 Å². The fraction of sp³-hybridized carbons (Fsp3) is 0.346. The Bertz CT molecular complexity index is 1040. The molecule has 4 rings (SSSR count). The molecule has 172 valence electrons. The third-order valence-electron chi connectivity index (χ3n) is 6.52. The zero-order valence-electron chi connectivity index (χ0n) is 18.6. The van der Waals surface area contributed by atoms with Gasteiger partial charge in [0.15, 0.2) is 0 Å². The normalized spacial score (nSPS) is 16.7. The summed E-state index contributed by atoms with van der Waals surface area (Å²) in [6.07, 6.45) is 1.39. The number of carboxylic acid groups (broad SMARTS) is 1. The van der Waals surface area contributed by atoms with Crippen LogP contribution in [0.3, 0.4) is 0 Å². The minimum atomic E-state index is -0.944. The number of allylic oxidation sites excluding steroid dienone is 1. The molecular weight excluding hydrogens is 420 g/mol. The van der Waals surface area contributed by atoms with Crippen molar-refractivity contribution in [1.82, 2.24) is 10.2 Å². The molecule has 1 heterocycles. The van der Waals surface area contributed by atoms with Crippen LogP contribution in [0.1, 0.15) is 36.8 Å². The average Bonchev–Trinajstić information content (AvgIpc) is 3.08. The second kappa shape index (κ2) is 9.10. The van der Waals surface area contributed by atoms with Crippen molar-refractivity contribution in [2.24, 2.45) is 5.41 Å². The second-order valence-electron chi connectivity index (χ2n) is 8.90. The average molecular weight is 449 g/mol. The second-order valence-corrected chi connectivity index (χ2v) is 8.90.